The fourth-order valence-electron chi connectivity index (χ4n) is 3.18. The first-order valence-corrected chi connectivity index (χ1v) is 7.02. The molecule has 1 aliphatic rings. The third kappa shape index (κ3) is 2.81. The Balaban J connectivity index is 2.41. The van der Waals surface area contributed by atoms with Crippen LogP contribution in [-0.2, 0) is 15.1 Å². The number of carbonyl (C=O) groups is 1. The third-order valence-electron chi connectivity index (χ3n) is 4.14. The van der Waals surface area contributed by atoms with Gasteiger partial charge in [-0.3, -0.25) is 4.79 Å². The number of carbonyl (C=O) groups excluding carboxylic acids is 1. The van der Waals surface area contributed by atoms with Gasteiger partial charge < -0.3 is 9.64 Å². The minimum absolute atomic E-state index is 0.188. The maximum atomic E-state index is 11.6. The van der Waals surface area contributed by atoms with Crippen LogP contribution in [0.25, 0.3) is 0 Å². The average molecular weight is 261 g/mol. The van der Waals surface area contributed by atoms with Crippen molar-refractivity contribution in [1.82, 2.24) is 4.90 Å². The monoisotopic (exact) mass is 261 g/mol. The molecule has 0 amide bonds. The van der Waals surface area contributed by atoms with Crippen LogP contribution in [0, 0.1) is 5.92 Å². The quantitative estimate of drug-likeness (QED) is 0.784. The van der Waals surface area contributed by atoms with Crippen LogP contribution in [0.4, 0.5) is 0 Å². The Morgan fingerprint density at radius 2 is 2.11 bits per heavy atom. The van der Waals surface area contributed by atoms with Gasteiger partial charge in [-0.25, -0.2) is 0 Å². The van der Waals surface area contributed by atoms with Crippen LogP contribution >= 0.6 is 0 Å². The second-order valence-corrected chi connectivity index (χ2v) is 5.47. The van der Waals surface area contributed by atoms with Crippen molar-refractivity contribution in [2.24, 2.45) is 5.92 Å². The van der Waals surface area contributed by atoms with Crippen LogP contribution in [0.3, 0.4) is 0 Å². The normalized spacial score (nSPS) is 28.1. The van der Waals surface area contributed by atoms with Gasteiger partial charge in [0.25, 0.3) is 0 Å². The Kier molecular flexibility index (Phi) is 4.25. The van der Waals surface area contributed by atoms with Crippen LogP contribution in [0.1, 0.15) is 32.3 Å². The summed E-state index contributed by atoms with van der Waals surface area (Å²) < 4.78 is 5.85. The number of piperidine rings is 1. The SMILES string of the molecule is CCC1CN(C)CCC1(OC(C)=O)c1ccccc1. The number of esters is 1. The molecule has 1 aromatic rings. The molecular weight excluding hydrogens is 238 g/mol. The summed E-state index contributed by atoms with van der Waals surface area (Å²) >= 11 is 0. The standard InChI is InChI=1S/C16H23NO2/c1-4-14-12-17(3)11-10-16(14,19-13(2)18)15-8-6-5-7-9-15/h5-9,14H,4,10-12H2,1-3H3. The van der Waals surface area contributed by atoms with Crippen molar-refractivity contribution in [2.75, 3.05) is 20.1 Å². The van der Waals surface area contributed by atoms with Crippen molar-refractivity contribution in [2.45, 2.75) is 32.3 Å². The predicted octanol–water partition coefficient (Wildman–Crippen LogP) is 2.81. The first-order valence-electron chi connectivity index (χ1n) is 7.02. The molecule has 0 aliphatic carbocycles. The van der Waals surface area contributed by atoms with E-state index in [-0.39, 0.29) is 5.97 Å². The summed E-state index contributed by atoms with van der Waals surface area (Å²) in [6, 6.07) is 10.2. The Bertz CT molecular complexity index is 432. The fraction of sp³-hybridized carbons (Fsp3) is 0.562. The van der Waals surface area contributed by atoms with Gasteiger partial charge in [0.1, 0.15) is 5.60 Å². The maximum Gasteiger partial charge on any atom is 0.303 e. The fourth-order valence-corrected chi connectivity index (χ4v) is 3.18. The summed E-state index contributed by atoms with van der Waals surface area (Å²) in [7, 11) is 2.13. The molecule has 2 unspecified atom stereocenters. The molecule has 0 N–H and O–H groups in total. The molecule has 0 spiro atoms. The molecule has 19 heavy (non-hydrogen) atoms. The van der Waals surface area contributed by atoms with Gasteiger partial charge in [-0.1, -0.05) is 37.3 Å². The van der Waals surface area contributed by atoms with E-state index < -0.39 is 5.60 Å². The van der Waals surface area contributed by atoms with E-state index >= 15 is 0 Å². The van der Waals surface area contributed by atoms with E-state index in [0.29, 0.717) is 5.92 Å². The summed E-state index contributed by atoms with van der Waals surface area (Å²) in [5, 5.41) is 0. The summed E-state index contributed by atoms with van der Waals surface area (Å²) in [4.78, 5) is 13.9. The van der Waals surface area contributed by atoms with E-state index in [1.165, 1.54) is 6.92 Å². The van der Waals surface area contributed by atoms with Gasteiger partial charge in [0.15, 0.2) is 0 Å². The first-order chi connectivity index (χ1) is 9.08. The number of likely N-dealkylation sites (tertiary alicyclic amines) is 1. The second-order valence-electron chi connectivity index (χ2n) is 5.47. The Hall–Kier alpha value is -1.35. The van der Waals surface area contributed by atoms with E-state index in [4.69, 9.17) is 4.74 Å². The lowest BCUT2D eigenvalue weighted by Gasteiger charge is -2.46. The molecule has 0 radical (unpaired) electrons. The summed E-state index contributed by atoms with van der Waals surface area (Å²) in [6.07, 6.45) is 1.87. The van der Waals surface area contributed by atoms with Crippen LogP contribution in [0.2, 0.25) is 0 Å². The van der Waals surface area contributed by atoms with Gasteiger partial charge in [0.05, 0.1) is 0 Å². The first kappa shape index (κ1) is 14.1. The zero-order valence-corrected chi connectivity index (χ0v) is 12.1. The molecule has 1 heterocycles. The Labute approximate surface area is 115 Å². The summed E-state index contributed by atoms with van der Waals surface area (Å²) in [5.74, 6) is 0.157. The van der Waals surface area contributed by atoms with Gasteiger partial charge in [-0.05, 0) is 19.0 Å². The van der Waals surface area contributed by atoms with Gasteiger partial charge in [0, 0.05) is 32.4 Å². The topological polar surface area (TPSA) is 29.5 Å². The average Bonchev–Trinajstić information content (AvgIpc) is 2.41. The molecule has 3 nitrogen and oxygen atoms in total. The molecule has 0 bridgehead atoms. The highest BCUT2D eigenvalue weighted by Gasteiger charge is 2.45. The zero-order chi connectivity index (χ0) is 13.9. The number of hydrogen-bond donors (Lipinski definition) is 0. The maximum absolute atomic E-state index is 11.6. The second kappa shape index (κ2) is 5.74. The summed E-state index contributed by atoms with van der Waals surface area (Å²) in [6.45, 7) is 5.61. The highest BCUT2D eigenvalue weighted by atomic mass is 16.6. The number of benzene rings is 1. The third-order valence-corrected chi connectivity index (χ3v) is 4.14. The molecule has 104 valence electrons. The van der Waals surface area contributed by atoms with E-state index in [2.05, 4.69) is 31.0 Å². The molecule has 2 atom stereocenters. The molecule has 0 aromatic heterocycles. The van der Waals surface area contributed by atoms with Crippen molar-refractivity contribution in [3.63, 3.8) is 0 Å². The molecular formula is C16H23NO2. The lowest BCUT2D eigenvalue weighted by atomic mass is 9.74. The summed E-state index contributed by atoms with van der Waals surface area (Å²) in [5.41, 5.74) is 0.680. The number of rotatable bonds is 3. The minimum atomic E-state index is -0.450. The highest BCUT2D eigenvalue weighted by Crippen LogP contribution is 2.42. The zero-order valence-electron chi connectivity index (χ0n) is 12.1. The van der Waals surface area contributed by atoms with Crippen molar-refractivity contribution in [3.05, 3.63) is 35.9 Å². The Morgan fingerprint density at radius 3 is 2.68 bits per heavy atom. The lowest BCUT2D eigenvalue weighted by Crippen LogP contribution is -2.50. The van der Waals surface area contributed by atoms with Crippen molar-refractivity contribution in [1.29, 1.82) is 0 Å². The molecule has 1 aromatic carbocycles. The van der Waals surface area contributed by atoms with E-state index in [9.17, 15) is 4.79 Å². The largest absolute Gasteiger partial charge is 0.454 e. The van der Waals surface area contributed by atoms with Gasteiger partial charge in [-0.15, -0.1) is 0 Å². The molecule has 1 fully saturated rings. The van der Waals surface area contributed by atoms with E-state index in [1.54, 1.807) is 0 Å². The molecule has 3 heteroatoms. The van der Waals surface area contributed by atoms with Gasteiger partial charge >= 0.3 is 5.97 Å². The van der Waals surface area contributed by atoms with Crippen molar-refractivity contribution in [3.8, 4) is 0 Å². The van der Waals surface area contributed by atoms with Gasteiger partial charge in [0.2, 0.25) is 0 Å². The van der Waals surface area contributed by atoms with Crippen LogP contribution in [0.15, 0.2) is 30.3 Å². The molecule has 0 saturated carbocycles. The number of hydrogen-bond acceptors (Lipinski definition) is 3. The number of nitrogens with zero attached hydrogens (tertiary/aromatic N) is 1. The number of ether oxygens (including phenoxy) is 1. The van der Waals surface area contributed by atoms with Crippen LogP contribution in [0.5, 0.6) is 0 Å². The van der Waals surface area contributed by atoms with Crippen molar-refractivity contribution >= 4 is 5.97 Å². The molecule has 2 rings (SSSR count). The van der Waals surface area contributed by atoms with Crippen molar-refractivity contribution < 1.29 is 9.53 Å². The molecule has 1 saturated heterocycles. The van der Waals surface area contributed by atoms with E-state index in [0.717, 1.165) is 31.5 Å². The van der Waals surface area contributed by atoms with Crippen LogP contribution < -0.4 is 0 Å². The highest BCUT2D eigenvalue weighted by molar-refractivity contribution is 5.67. The van der Waals surface area contributed by atoms with Gasteiger partial charge in [-0.2, -0.15) is 0 Å². The van der Waals surface area contributed by atoms with E-state index in [1.807, 2.05) is 18.2 Å². The minimum Gasteiger partial charge on any atom is -0.454 e. The lowest BCUT2D eigenvalue weighted by molar-refractivity contribution is -0.173. The Morgan fingerprint density at radius 1 is 1.42 bits per heavy atom. The van der Waals surface area contributed by atoms with Crippen LogP contribution in [-0.4, -0.2) is 31.0 Å². The molecule has 1 aliphatic heterocycles. The smallest absolute Gasteiger partial charge is 0.303 e. The predicted molar refractivity (Wildman–Crippen MR) is 75.8 cm³/mol.